The summed E-state index contributed by atoms with van der Waals surface area (Å²) in [5, 5.41) is 37.1. The van der Waals surface area contributed by atoms with Gasteiger partial charge < -0.3 is 25.2 Å². The Morgan fingerprint density at radius 1 is 1.36 bits per heavy atom. The van der Waals surface area contributed by atoms with E-state index in [2.05, 4.69) is 0 Å². The molecule has 0 saturated carbocycles. The lowest BCUT2D eigenvalue weighted by molar-refractivity contribution is -0.131. The fraction of sp³-hybridized carbons (Fsp3) is 0.417. The molecule has 1 fully saturated rings. The summed E-state index contributed by atoms with van der Waals surface area (Å²) < 4.78 is 5.98. The van der Waals surface area contributed by atoms with Gasteiger partial charge in [0, 0.05) is 12.3 Å². The van der Waals surface area contributed by atoms with Crippen molar-refractivity contribution in [3.05, 3.63) is 38.7 Å². The summed E-state index contributed by atoms with van der Waals surface area (Å²) in [6, 6.07) is 0. The normalized spacial score (nSPS) is 28.3. The van der Waals surface area contributed by atoms with Crippen molar-refractivity contribution in [3.63, 3.8) is 0 Å². The third kappa shape index (κ3) is 2.99. The third-order valence-electron chi connectivity index (χ3n) is 3.19. The van der Waals surface area contributed by atoms with E-state index in [-0.39, 0.29) is 5.56 Å². The van der Waals surface area contributed by atoms with Gasteiger partial charge in [0.2, 0.25) is 0 Å². The number of aromatic amines is 1. The maximum Gasteiger partial charge on any atom is 0.330 e. The molecule has 1 saturated heterocycles. The van der Waals surface area contributed by atoms with Crippen LogP contribution in [0.2, 0.25) is 0 Å². The molecule has 4 atom stereocenters. The molecule has 1 aromatic heterocycles. The van der Waals surface area contributed by atoms with Crippen LogP contribution in [0, 0.1) is 0 Å². The molecule has 2 heterocycles. The van der Waals surface area contributed by atoms with Crippen LogP contribution in [-0.2, 0) is 9.53 Å². The molecule has 0 unspecified atom stereocenters. The smallest absolute Gasteiger partial charge is 0.330 e. The average molecular weight is 314 g/mol. The molecule has 0 amide bonds. The summed E-state index contributed by atoms with van der Waals surface area (Å²) in [5.74, 6) is -1.29. The Labute approximate surface area is 122 Å². The van der Waals surface area contributed by atoms with Crippen molar-refractivity contribution in [1.82, 2.24) is 9.55 Å². The number of aliphatic hydroxyl groups is 3. The van der Waals surface area contributed by atoms with Crippen LogP contribution in [0.5, 0.6) is 0 Å². The van der Waals surface area contributed by atoms with Crippen molar-refractivity contribution < 1.29 is 30.0 Å². The predicted octanol–water partition coefficient (Wildman–Crippen LogP) is -2.75. The number of hydrogen-bond donors (Lipinski definition) is 5. The van der Waals surface area contributed by atoms with Gasteiger partial charge >= 0.3 is 11.7 Å². The zero-order valence-corrected chi connectivity index (χ0v) is 11.1. The van der Waals surface area contributed by atoms with Crippen molar-refractivity contribution in [2.24, 2.45) is 0 Å². The number of aliphatic carboxylic acids is 1. The highest BCUT2D eigenvalue weighted by molar-refractivity contribution is 5.85. The molecular weight excluding hydrogens is 300 g/mol. The molecular formula is C12H14N2O8. The third-order valence-corrected chi connectivity index (χ3v) is 3.19. The second kappa shape index (κ2) is 6.23. The van der Waals surface area contributed by atoms with Gasteiger partial charge in [-0.05, 0) is 6.08 Å². The topological polar surface area (TPSA) is 162 Å². The largest absolute Gasteiger partial charge is 0.478 e. The van der Waals surface area contributed by atoms with Gasteiger partial charge in [-0.25, -0.2) is 9.59 Å². The van der Waals surface area contributed by atoms with Gasteiger partial charge in [-0.3, -0.25) is 14.3 Å². The monoisotopic (exact) mass is 314 g/mol. The van der Waals surface area contributed by atoms with Crippen LogP contribution >= 0.6 is 0 Å². The van der Waals surface area contributed by atoms with Crippen LogP contribution in [0.25, 0.3) is 6.08 Å². The first-order valence-corrected chi connectivity index (χ1v) is 6.24. The van der Waals surface area contributed by atoms with Crippen LogP contribution in [0.1, 0.15) is 11.8 Å². The summed E-state index contributed by atoms with van der Waals surface area (Å²) in [4.78, 5) is 35.8. The van der Waals surface area contributed by atoms with Crippen LogP contribution in [0.4, 0.5) is 0 Å². The highest BCUT2D eigenvalue weighted by Gasteiger charge is 2.43. The Morgan fingerprint density at radius 3 is 2.59 bits per heavy atom. The minimum absolute atomic E-state index is 0.153. The number of rotatable bonds is 4. The Balaban J connectivity index is 2.44. The molecule has 22 heavy (non-hydrogen) atoms. The van der Waals surface area contributed by atoms with Gasteiger partial charge in [0.1, 0.15) is 18.3 Å². The summed E-state index contributed by atoms with van der Waals surface area (Å²) >= 11 is 0. The number of carboxylic acid groups (broad SMARTS) is 1. The Kier molecular flexibility index (Phi) is 4.56. The maximum atomic E-state index is 11.8. The number of nitrogens with one attached hydrogen (secondary N) is 1. The van der Waals surface area contributed by atoms with E-state index >= 15 is 0 Å². The summed E-state index contributed by atoms with van der Waals surface area (Å²) in [6.07, 6.45) is -2.65. The molecule has 0 aromatic carbocycles. The first kappa shape index (κ1) is 16.1. The second-order valence-electron chi connectivity index (χ2n) is 4.65. The molecule has 5 N–H and O–H groups in total. The van der Waals surface area contributed by atoms with Crippen molar-refractivity contribution in [2.75, 3.05) is 6.61 Å². The number of ether oxygens (including phenoxy) is 1. The molecule has 2 rings (SSSR count). The number of H-pyrrole nitrogens is 1. The van der Waals surface area contributed by atoms with E-state index in [1.807, 2.05) is 4.98 Å². The highest BCUT2D eigenvalue weighted by atomic mass is 16.6. The van der Waals surface area contributed by atoms with Crippen molar-refractivity contribution in [3.8, 4) is 0 Å². The van der Waals surface area contributed by atoms with E-state index in [4.69, 9.17) is 14.9 Å². The molecule has 0 spiro atoms. The molecule has 1 aliphatic heterocycles. The summed E-state index contributed by atoms with van der Waals surface area (Å²) in [7, 11) is 0. The standard InChI is InChI=1S/C12H14N2O8/c15-4-6-8(18)9(19)11(22-6)14-3-5(1-2-7(16)17)10(20)13-12(14)21/h1-3,6,8-9,11,15,18-19H,4H2,(H,16,17)(H,13,20,21)/t6-,8+,9-,11-/m1/s1. The van der Waals surface area contributed by atoms with E-state index in [1.165, 1.54) is 0 Å². The fourth-order valence-corrected chi connectivity index (χ4v) is 2.08. The first-order chi connectivity index (χ1) is 10.3. The quantitative estimate of drug-likeness (QED) is 0.373. The van der Waals surface area contributed by atoms with E-state index in [0.29, 0.717) is 6.08 Å². The van der Waals surface area contributed by atoms with Crippen molar-refractivity contribution in [2.45, 2.75) is 24.5 Å². The summed E-state index contributed by atoms with van der Waals surface area (Å²) in [5.41, 5.74) is -1.88. The number of aliphatic hydroxyl groups excluding tert-OH is 3. The Bertz CT molecular complexity index is 706. The number of carbonyl (C=O) groups is 1. The van der Waals surface area contributed by atoms with Gasteiger partial charge in [0.25, 0.3) is 5.56 Å². The zero-order valence-electron chi connectivity index (χ0n) is 11.1. The molecule has 0 radical (unpaired) electrons. The molecule has 1 aromatic rings. The predicted molar refractivity (Wildman–Crippen MR) is 71.0 cm³/mol. The van der Waals surface area contributed by atoms with Crippen molar-refractivity contribution >= 4 is 12.0 Å². The van der Waals surface area contributed by atoms with Crippen LogP contribution in [0.3, 0.4) is 0 Å². The Morgan fingerprint density at radius 2 is 2.05 bits per heavy atom. The van der Waals surface area contributed by atoms with Gasteiger partial charge in [0.05, 0.1) is 12.2 Å². The van der Waals surface area contributed by atoms with Gasteiger partial charge in [0.15, 0.2) is 6.23 Å². The minimum Gasteiger partial charge on any atom is -0.478 e. The number of aromatic nitrogens is 2. The highest BCUT2D eigenvalue weighted by Crippen LogP contribution is 2.27. The maximum absolute atomic E-state index is 11.8. The van der Waals surface area contributed by atoms with Crippen LogP contribution in [-0.4, -0.2) is 60.9 Å². The van der Waals surface area contributed by atoms with E-state index in [9.17, 15) is 24.6 Å². The van der Waals surface area contributed by atoms with Gasteiger partial charge in [-0.2, -0.15) is 0 Å². The second-order valence-corrected chi connectivity index (χ2v) is 4.65. The number of nitrogens with zero attached hydrogens (tertiary/aromatic N) is 1. The lowest BCUT2D eigenvalue weighted by Crippen LogP contribution is -2.38. The number of hydrogen-bond acceptors (Lipinski definition) is 7. The van der Waals surface area contributed by atoms with Gasteiger partial charge in [-0.15, -0.1) is 0 Å². The zero-order chi connectivity index (χ0) is 16.4. The van der Waals surface area contributed by atoms with E-state index in [1.54, 1.807) is 0 Å². The fourth-order valence-electron chi connectivity index (χ4n) is 2.08. The SMILES string of the molecule is O=C(O)C=Cc1cn([C@@H]2O[C@H](CO)[C@H](O)[C@H]2O)c(=O)[nH]c1=O. The first-order valence-electron chi connectivity index (χ1n) is 6.24. The molecule has 10 nitrogen and oxygen atoms in total. The molecule has 0 bridgehead atoms. The molecule has 10 heteroatoms. The lowest BCUT2D eigenvalue weighted by atomic mass is 10.1. The van der Waals surface area contributed by atoms with Crippen LogP contribution in [0.15, 0.2) is 21.9 Å². The minimum atomic E-state index is -1.50. The number of carboxylic acids is 1. The van der Waals surface area contributed by atoms with Gasteiger partial charge in [-0.1, -0.05) is 0 Å². The summed E-state index contributed by atoms with van der Waals surface area (Å²) in [6.45, 7) is -0.571. The molecule has 1 aliphatic rings. The van der Waals surface area contributed by atoms with E-state index < -0.39 is 48.4 Å². The van der Waals surface area contributed by atoms with Crippen molar-refractivity contribution in [1.29, 1.82) is 0 Å². The molecule has 0 aliphatic carbocycles. The van der Waals surface area contributed by atoms with Crippen LogP contribution < -0.4 is 11.2 Å². The average Bonchev–Trinajstić information content (AvgIpc) is 2.74. The molecule has 120 valence electrons. The van der Waals surface area contributed by atoms with E-state index in [0.717, 1.165) is 16.8 Å². The lowest BCUT2D eigenvalue weighted by Gasteiger charge is -2.17. The Hall–Kier alpha value is -2.27.